The predicted octanol–water partition coefficient (Wildman–Crippen LogP) is 3.31. The smallest absolute Gasteiger partial charge is 0.357 e. The van der Waals surface area contributed by atoms with E-state index in [9.17, 15) is 26.3 Å². The number of rotatable bonds is 3. The van der Waals surface area contributed by atoms with E-state index in [1.807, 2.05) is 0 Å². The highest BCUT2D eigenvalue weighted by Gasteiger charge is 2.36. The van der Waals surface area contributed by atoms with Gasteiger partial charge in [-0.15, -0.1) is 10.2 Å². The zero-order chi connectivity index (χ0) is 13.3. The summed E-state index contributed by atoms with van der Waals surface area (Å²) in [7, 11) is 0. The highest BCUT2D eigenvalue weighted by molar-refractivity contribution is 7.15. The van der Waals surface area contributed by atoms with Crippen molar-refractivity contribution in [3.8, 4) is 0 Å². The van der Waals surface area contributed by atoms with Gasteiger partial charge in [0.2, 0.25) is 10.1 Å². The maximum atomic E-state index is 12.1. The molecule has 0 aromatic carbocycles. The number of anilines is 1. The van der Waals surface area contributed by atoms with Gasteiger partial charge in [-0.2, -0.15) is 26.3 Å². The van der Waals surface area contributed by atoms with Crippen LogP contribution < -0.4 is 5.32 Å². The minimum Gasteiger partial charge on any atom is -0.357 e. The first kappa shape index (κ1) is 14.0. The summed E-state index contributed by atoms with van der Waals surface area (Å²) in [6.45, 7) is 1.20. The van der Waals surface area contributed by atoms with Crippen LogP contribution in [0.1, 0.15) is 18.4 Å². The van der Waals surface area contributed by atoms with Crippen molar-refractivity contribution in [1.29, 1.82) is 0 Å². The summed E-state index contributed by atoms with van der Waals surface area (Å²) in [5.74, 6) is 0. The first-order valence-corrected chi connectivity index (χ1v) is 5.13. The van der Waals surface area contributed by atoms with E-state index in [0.717, 1.165) is 0 Å². The summed E-state index contributed by atoms with van der Waals surface area (Å²) in [5.41, 5.74) is 0. The maximum Gasteiger partial charge on any atom is 0.445 e. The van der Waals surface area contributed by atoms with Crippen molar-refractivity contribution in [3.05, 3.63) is 5.01 Å². The molecule has 0 bridgehead atoms. The molecule has 17 heavy (non-hydrogen) atoms. The van der Waals surface area contributed by atoms with Crippen molar-refractivity contribution < 1.29 is 26.3 Å². The average Bonchev–Trinajstić information content (AvgIpc) is 2.47. The summed E-state index contributed by atoms with van der Waals surface area (Å²) in [6.07, 6.45) is -10.2. The van der Waals surface area contributed by atoms with E-state index >= 15 is 0 Å². The largest absolute Gasteiger partial charge is 0.445 e. The lowest BCUT2D eigenvalue weighted by Crippen LogP contribution is -2.23. The molecule has 1 N–H and O–H groups in total. The third-order valence-electron chi connectivity index (χ3n) is 1.58. The molecule has 0 saturated heterocycles. The lowest BCUT2D eigenvalue weighted by Gasteiger charge is -2.14. The Kier molecular flexibility index (Phi) is 3.84. The monoisotopic (exact) mass is 279 g/mol. The summed E-state index contributed by atoms with van der Waals surface area (Å²) < 4.78 is 72.2. The summed E-state index contributed by atoms with van der Waals surface area (Å²) in [4.78, 5) is 0. The minimum absolute atomic E-state index is 0.168. The van der Waals surface area contributed by atoms with Crippen LogP contribution in [0.4, 0.5) is 31.5 Å². The SMILES string of the molecule is CC(CC(F)(F)F)Nc1nnc(C(F)(F)F)s1. The number of hydrogen-bond donors (Lipinski definition) is 1. The Morgan fingerprint density at radius 3 is 2.18 bits per heavy atom. The van der Waals surface area contributed by atoms with Crippen LogP contribution in [0, 0.1) is 0 Å². The Hall–Kier alpha value is -1.06. The Morgan fingerprint density at radius 1 is 1.18 bits per heavy atom. The molecule has 0 aliphatic rings. The molecular formula is C7H7F6N3S. The highest BCUT2D eigenvalue weighted by Crippen LogP contribution is 2.33. The molecular weight excluding hydrogens is 272 g/mol. The van der Waals surface area contributed by atoms with Crippen molar-refractivity contribution in [2.75, 3.05) is 5.32 Å². The van der Waals surface area contributed by atoms with Gasteiger partial charge in [-0.3, -0.25) is 0 Å². The molecule has 1 atom stereocenters. The van der Waals surface area contributed by atoms with Crippen molar-refractivity contribution in [1.82, 2.24) is 10.2 Å². The van der Waals surface area contributed by atoms with Crippen LogP contribution in [0.5, 0.6) is 0 Å². The molecule has 1 aromatic heterocycles. The summed E-state index contributed by atoms with van der Waals surface area (Å²) in [5, 5.41) is 6.70. The van der Waals surface area contributed by atoms with Crippen LogP contribution in [0.15, 0.2) is 0 Å². The summed E-state index contributed by atoms with van der Waals surface area (Å²) >= 11 is 0.168. The molecule has 0 fully saturated rings. The fourth-order valence-electron chi connectivity index (χ4n) is 1.01. The third kappa shape index (κ3) is 4.75. The van der Waals surface area contributed by atoms with E-state index in [1.54, 1.807) is 0 Å². The van der Waals surface area contributed by atoms with Gasteiger partial charge in [0.1, 0.15) is 0 Å². The van der Waals surface area contributed by atoms with Gasteiger partial charge in [0.25, 0.3) is 0 Å². The molecule has 0 amide bonds. The number of halogens is 6. The molecule has 1 rings (SSSR count). The van der Waals surface area contributed by atoms with Gasteiger partial charge < -0.3 is 5.32 Å². The first-order valence-electron chi connectivity index (χ1n) is 4.32. The number of hydrogen-bond acceptors (Lipinski definition) is 4. The lowest BCUT2D eigenvalue weighted by molar-refractivity contribution is -0.138. The van der Waals surface area contributed by atoms with Gasteiger partial charge in [0.15, 0.2) is 0 Å². The zero-order valence-corrected chi connectivity index (χ0v) is 9.17. The second kappa shape index (κ2) is 4.67. The maximum absolute atomic E-state index is 12.1. The molecule has 0 radical (unpaired) electrons. The Labute approximate surface area is 95.8 Å². The summed E-state index contributed by atoms with van der Waals surface area (Å²) in [6, 6.07) is -1.07. The van der Waals surface area contributed by atoms with Gasteiger partial charge in [-0.05, 0) is 6.92 Å². The van der Waals surface area contributed by atoms with Crippen LogP contribution >= 0.6 is 11.3 Å². The standard InChI is InChI=1S/C7H7F6N3S/c1-3(2-6(8,9)10)14-5-16-15-4(17-5)7(11,12)13/h3H,2H2,1H3,(H,14,16). The van der Waals surface area contributed by atoms with E-state index in [-0.39, 0.29) is 16.5 Å². The topological polar surface area (TPSA) is 37.8 Å². The minimum atomic E-state index is -4.63. The van der Waals surface area contributed by atoms with Gasteiger partial charge in [-0.1, -0.05) is 11.3 Å². The van der Waals surface area contributed by atoms with Crippen molar-refractivity contribution in [2.24, 2.45) is 0 Å². The van der Waals surface area contributed by atoms with Crippen molar-refractivity contribution in [2.45, 2.75) is 31.7 Å². The molecule has 0 spiro atoms. The second-order valence-electron chi connectivity index (χ2n) is 3.27. The van der Waals surface area contributed by atoms with Gasteiger partial charge in [0, 0.05) is 6.04 Å². The molecule has 0 saturated carbocycles. The molecule has 98 valence electrons. The fraction of sp³-hybridized carbons (Fsp3) is 0.714. The van der Waals surface area contributed by atoms with Crippen molar-refractivity contribution in [3.63, 3.8) is 0 Å². The van der Waals surface area contributed by atoms with Gasteiger partial charge in [-0.25, -0.2) is 0 Å². The van der Waals surface area contributed by atoms with E-state index < -0.39 is 29.8 Å². The predicted molar refractivity (Wildman–Crippen MR) is 48.7 cm³/mol. The third-order valence-corrected chi connectivity index (χ3v) is 2.47. The number of alkyl halides is 6. The van der Waals surface area contributed by atoms with E-state index in [1.165, 1.54) is 6.92 Å². The number of nitrogens with zero attached hydrogens (tertiary/aromatic N) is 2. The van der Waals surface area contributed by atoms with E-state index in [4.69, 9.17) is 0 Å². The Morgan fingerprint density at radius 2 is 1.76 bits per heavy atom. The molecule has 1 heterocycles. The van der Waals surface area contributed by atoms with Crippen LogP contribution in [0.2, 0.25) is 0 Å². The quantitative estimate of drug-likeness (QED) is 0.863. The Bertz CT molecular complexity index is 370. The fourth-order valence-corrected chi connectivity index (χ4v) is 1.73. The van der Waals surface area contributed by atoms with E-state index in [0.29, 0.717) is 0 Å². The number of nitrogens with one attached hydrogen (secondary N) is 1. The number of aromatic nitrogens is 2. The Balaban J connectivity index is 2.61. The molecule has 1 aromatic rings. The zero-order valence-electron chi connectivity index (χ0n) is 8.35. The van der Waals surface area contributed by atoms with Crippen LogP contribution in [-0.4, -0.2) is 22.4 Å². The lowest BCUT2D eigenvalue weighted by atomic mass is 10.2. The average molecular weight is 279 g/mol. The van der Waals surface area contributed by atoms with Crippen molar-refractivity contribution >= 4 is 16.5 Å². The van der Waals surface area contributed by atoms with Crippen LogP contribution in [0.3, 0.4) is 0 Å². The highest BCUT2D eigenvalue weighted by atomic mass is 32.1. The molecule has 0 aliphatic heterocycles. The van der Waals surface area contributed by atoms with Crippen LogP contribution in [0.25, 0.3) is 0 Å². The molecule has 3 nitrogen and oxygen atoms in total. The van der Waals surface area contributed by atoms with Gasteiger partial charge in [0.05, 0.1) is 6.42 Å². The normalized spacial score (nSPS) is 14.8. The van der Waals surface area contributed by atoms with Gasteiger partial charge >= 0.3 is 12.4 Å². The second-order valence-corrected chi connectivity index (χ2v) is 4.25. The molecule has 0 aliphatic carbocycles. The van der Waals surface area contributed by atoms with Crippen LogP contribution in [-0.2, 0) is 6.18 Å². The molecule has 1 unspecified atom stereocenters. The van der Waals surface area contributed by atoms with E-state index in [2.05, 4.69) is 15.5 Å². The molecule has 10 heteroatoms. The first-order chi connectivity index (χ1) is 7.58.